The molecule has 28 heavy (non-hydrogen) atoms. The van der Waals surface area contributed by atoms with Crippen LogP contribution in [0.1, 0.15) is 32.1 Å². The predicted molar refractivity (Wildman–Crippen MR) is 106 cm³/mol. The van der Waals surface area contributed by atoms with E-state index in [1.54, 1.807) is 18.2 Å². The van der Waals surface area contributed by atoms with E-state index in [-0.39, 0.29) is 10.8 Å². The van der Waals surface area contributed by atoms with E-state index in [0.29, 0.717) is 49.6 Å². The Balaban J connectivity index is 1.24. The largest absolute Gasteiger partial charge is 0.340 e. The van der Waals surface area contributed by atoms with Crippen molar-refractivity contribution in [1.29, 1.82) is 0 Å². The summed E-state index contributed by atoms with van der Waals surface area (Å²) in [4.78, 5) is 14.8. The number of fused-ring (bicyclic) bond motifs is 3. The van der Waals surface area contributed by atoms with Gasteiger partial charge in [0.25, 0.3) is 0 Å². The van der Waals surface area contributed by atoms with E-state index in [9.17, 15) is 13.2 Å². The van der Waals surface area contributed by atoms with Crippen LogP contribution in [-0.4, -0.2) is 58.5 Å². The molecule has 3 aliphatic rings. The molecule has 5 rings (SSSR count). The molecule has 0 spiro atoms. The second kappa shape index (κ2) is 7.03. The predicted octanol–water partition coefficient (Wildman–Crippen LogP) is 2.35. The lowest BCUT2D eigenvalue weighted by Crippen LogP contribution is -2.50. The molecule has 1 saturated heterocycles. The summed E-state index contributed by atoms with van der Waals surface area (Å²) in [6.45, 7) is 1.59. The Kier molecular flexibility index (Phi) is 4.64. The van der Waals surface area contributed by atoms with Gasteiger partial charge in [0.05, 0.1) is 11.7 Å². The van der Waals surface area contributed by atoms with E-state index in [4.69, 9.17) is 0 Å². The van der Waals surface area contributed by atoms with Crippen LogP contribution in [-0.2, 0) is 14.8 Å². The molecule has 2 aliphatic carbocycles. The van der Waals surface area contributed by atoms with E-state index in [0.717, 1.165) is 23.6 Å². The van der Waals surface area contributed by atoms with Gasteiger partial charge in [0.15, 0.2) is 0 Å². The average Bonchev–Trinajstić information content (AvgIpc) is 3.44. The number of amides is 1. The van der Waals surface area contributed by atoms with Gasteiger partial charge in [-0.05, 0) is 49.1 Å². The number of piperazine rings is 1. The maximum absolute atomic E-state index is 13.1. The molecule has 2 aromatic rings. The van der Waals surface area contributed by atoms with Gasteiger partial charge in [0.1, 0.15) is 15.9 Å². The van der Waals surface area contributed by atoms with Crippen molar-refractivity contribution in [3.05, 3.63) is 18.2 Å². The number of carbonyl (C=O) groups excluding carboxylic acids is 1. The third-order valence-electron chi connectivity index (χ3n) is 6.78. The molecule has 2 saturated carbocycles. The minimum atomic E-state index is -3.64. The Morgan fingerprint density at radius 3 is 2.64 bits per heavy atom. The average molecular weight is 421 g/mol. The SMILES string of the molecule is O=C(CC1CC2CCC1C2)N1CCN(S(=O)(=O)c2cccc3nsnc23)CC1. The number of aromatic nitrogens is 2. The molecule has 0 N–H and O–H groups in total. The van der Waals surface area contributed by atoms with Crippen LogP contribution >= 0.6 is 11.7 Å². The fourth-order valence-electron chi connectivity index (χ4n) is 5.29. The summed E-state index contributed by atoms with van der Waals surface area (Å²) in [5, 5.41) is 0. The van der Waals surface area contributed by atoms with E-state index in [1.165, 1.54) is 30.0 Å². The number of carbonyl (C=O) groups is 1. The first-order chi connectivity index (χ1) is 13.5. The van der Waals surface area contributed by atoms with Crippen LogP contribution in [0.3, 0.4) is 0 Å². The Hall–Kier alpha value is -1.58. The maximum atomic E-state index is 13.1. The topological polar surface area (TPSA) is 83.5 Å². The molecule has 3 atom stereocenters. The van der Waals surface area contributed by atoms with E-state index in [2.05, 4.69) is 8.75 Å². The Morgan fingerprint density at radius 2 is 1.93 bits per heavy atom. The minimum absolute atomic E-state index is 0.195. The van der Waals surface area contributed by atoms with Crippen molar-refractivity contribution in [3.63, 3.8) is 0 Å². The zero-order chi connectivity index (χ0) is 19.3. The molecule has 3 unspecified atom stereocenters. The molecule has 150 valence electrons. The highest BCUT2D eigenvalue weighted by Crippen LogP contribution is 2.49. The van der Waals surface area contributed by atoms with Crippen LogP contribution in [0.2, 0.25) is 0 Å². The van der Waals surface area contributed by atoms with Crippen molar-refractivity contribution in [1.82, 2.24) is 18.0 Å². The summed E-state index contributed by atoms with van der Waals surface area (Å²) in [7, 11) is -3.64. The zero-order valence-electron chi connectivity index (χ0n) is 15.7. The van der Waals surface area contributed by atoms with Gasteiger partial charge in [-0.15, -0.1) is 0 Å². The summed E-state index contributed by atoms with van der Waals surface area (Å²) in [6.07, 6.45) is 5.77. The second-order valence-corrected chi connectivity index (χ2v) is 10.7. The third kappa shape index (κ3) is 3.13. The number of rotatable bonds is 4. The molecule has 1 aliphatic heterocycles. The Morgan fingerprint density at radius 1 is 1.11 bits per heavy atom. The van der Waals surface area contributed by atoms with Gasteiger partial charge in [-0.3, -0.25) is 4.79 Å². The third-order valence-corrected chi connectivity index (χ3v) is 9.25. The van der Waals surface area contributed by atoms with Gasteiger partial charge in [0, 0.05) is 32.6 Å². The molecule has 0 radical (unpaired) electrons. The molecule has 1 aromatic heterocycles. The van der Waals surface area contributed by atoms with Gasteiger partial charge in [-0.2, -0.15) is 13.1 Å². The number of benzene rings is 1. The van der Waals surface area contributed by atoms with Crippen LogP contribution < -0.4 is 0 Å². The highest BCUT2D eigenvalue weighted by atomic mass is 32.2. The van der Waals surface area contributed by atoms with Gasteiger partial charge in [-0.25, -0.2) is 8.42 Å². The quantitative estimate of drug-likeness (QED) is 0.758. The maximum Gasteiger partial charge on any atom is 0.245 e. The molecule has 9 heteroatoms. The second-order valence-electron chi connectivity index (χ2n) is 8.31. The van der Waals surface area contributed by atoms with Crippen LogP contribution in [0.15, 0.2) is 23.1 Å². The number of hydrogen-bond donors (Lipinski definition) is 0. The summed E-state index contributed by atoms with van der Waals surface area (Å²) >= 11 is 1.02. The van der Waals surface area contributed by atoms with Crippen molar-refractivity contribution in [2.24, 2.45) is 17.8 Å². The lowest BCUT2D eigenvalue weighted by molar-refractivity contribution is -0.133. The lowest BCUT2D eigenvalue weighted by atomic mass is 9.86. The summed E-state index contributed by atoms with van der Waals surface area (Å²) in [6, 6.07) is 5.06. The van der Waals surface area contributed by atoms with Crippen molar-refractivity contribution < 1.29 is 13.2 Å². The summed E-state index contributed by atoms with van der Waals surface area (Å²) in [5.41, 5.74) is 1.04. The highest BCUT2D eigenvalue weighted by molar-refractivity contribution is 7.89. The van der Waals surface area contributed by atoms with Crippen LogP contribution in [0.5, 0.6) is 0 Å². The lowest BCUT2D eigenvalue weighted by Gasteiger charge is -2.35. The highest BCUT2D eigenvalue weighted by Gasteiger charge is 2.41. The molecular weight excluding hydrogens is 396 g/mol. The van der Waals surface area contributed by atoms with Crippen molar-refractivity contribution in [3.8, 4) is 0 Å². The van der Waals surface area contributed by atoms with Crippen molar-refractivity contribution in [2.75, 3.05) is 26.2 Å². The fourth-order valence-corrected chi connectivity index (χ4v) is 7.46. The standard InChI is InChI=1S/C19H24N4O3S2/c24-18(12-15-11-13-4-5-14(15)10-13)22-6-8-23(9-7-22)28(25,26)17-3-1-2-16-19(17)21-27-20-16/h1-3,13-15H,4-12H2. The van der Waals surface area contributed by atoms with Gasteiger partial charge >= 0.3 is 0 Å². The number of sulfonamides is 1. The molecular formula is C19H24N4O3S2. The molecule has 2 bridgehead atoms. The summed E-state index contributed by atoms with van der Waals surface area (Å²) < 4.78 is 36.0. The zero-order valence-corrected chi connectivity index (χ0v) is 17.3. The van der Waals surface area contributed by atoms with Gasteiger partial charge in [-0.1, -0.05) is 12.5 Å². The molecule has 1 aromatic carbocycles. The minimum Gasteiger partial charge on any atom is -0.340 e. The Bertz CT molecular complexity index is 998. The van der Waals surface area contributed by atoms with Crippen LogP contribution in [0.25, 0.3) is 11.0 Å². The van der Waals surface area contributed by atoms with Crippen LogP contribution in [0.4, 0.5) is 0 Å². The van der Waals surface area contributed by atoms with Gasteiger partial charge in [0.2, 0.25) is 15.9 Å². The van der Waals surface area contributed by atoms with Gasteiger partial charge < -0.3 is 4.90 Å². The first-order valence-electron chi connectivity index (χ1n) is 10.0. The smallest absolute Gasteiger partial charge is 0.245 e. The first kappa shape index (κ1) is 18.4. The van der Waals surface area contributed by atoms with Crippen molar-refractivity contribution in [2.45, 2.75) is 37.0 Å². The first-order valence-corrected chi connectivity index (χ1v) is 12.2. The summed E-state index contributed by atoms with van der Waals surface area (Å²) in [5.74, 6) is 2.32. The molecule has 2 heterocycles. The molecule has 3 fully saturated rings. The van der Waals surface area contributed by atoms with Crippen LogP contribution in [0, 0.1) is 17.8 Å². The normalized spacial score (nSPS) is 28.3. The van der Waals surface area contributed by atoms with E-state index in [1.807, 2.05) is 4.90 Å². The van der Waals surface area contributed by atoms with E-state index < -0.39 is 10.0 Å². The molecule has 7 nitrogen and oxygen atoms in total. The Labute approximate surface area is 169 Å². The van der Waals surface area contributed by atoms with E-state index >= 15 is 0 Å². The fraction of sp³-hybridized carbons (Fsp3) is 0.632. The van der Waals surface area contributed by atoms with Crippen molar-refractivity contribution >= 4 is 38.7 Å². The number of nitrogens with zero attached hydrogens (tertiary/aromatic N) is 4. The number of hydrogen-bond acceptors (Lipinski definition) is 6. The molecule has 1 amide bonds. The monoisotopic (exact) mass is 420 g/mol.